The fraction of sp³-hybridized carbons (Fsp3) is 0.364. The molecule has 1 rings (SSSR count). The molecule has 0 unspecified atom stereocenters. The third-order valence-electron chi connectivity index (χ3n) is 1.92. The van der Waals surface area contributed by atoms with E-state index in [-0.39, 0.29) is 6.42 Å². The molecule has 0 atom stereocenters. The van der Waals surface area contributed by atoms with Crippen LogP contribution in [0.15, 0.2) is 23.1 Å². The molecule has 5 heteroatoms. The molecule has 0 aliphatic rings. The Labute approximate surface area is 104 Å². The zero-order chi connectivity index (χ0) is 12.0. The molecule has 0 radical (unpaired) electrons. The lowest BCUT2D eigenvalue weighted by atomic mass is 10.3. The Kier molecular flexibility index (Phi) is 5.49. The molecule has 0 heterocycles. The minimum absolute atomic E-state index is 0.190. The summed E-state index contributed by atoms with van der Waals surface area (Å²) in [5.41, 5.74) is 0. The Morgan fingerprint density at radius 2 is 2.31 bits per heavy atom. The van der Waals surface area contributed by atoms with Crippen LogP contribution in [0.25, 0.3) is 0 Å². The van der Waals surface area contributed by atoms with Crippen LogP contribution in [0.5, 0.6) is 5.75 Å². The molecular formula is C11H13ClO3S. The van der Waals surface area contributed by atoms with Crippen molar-refractivity contribution in [3.63, 3.8) is 0 Å². The number of ether oxygens (including phenoxy) is 1. The van der Waals surface area contributed by atoms with E-state index in [1.54, 1.807) is 24.9 Å². The van der Waals surface area contributed by atoms with Gasteiger partial charge in [-0.25, -0.2) is 0 Å². The average molecular weight is 261 g/mol. The number of thioether (sulfide) groups is 1. The predicted molar refractivity (Wildman–Crippen MR) is 65.6 cm³/mol. The minimum Gasteiger partial charge on any atom is -0.496 e. The van der Waals surface area contributed by atoms with E-state index >= 15 is 0 Å². The smallest absolute Gasteiger partial charge is 0.303 e. The molecule has 0 saturated heterocycles. The first-order valence-corrected chi connectivity index (χ1v) is 6.18. The maximum absolute atomic E-state index is 10.3. The first-order chi connectivity index (χ1) is 7.63. The molecule has 0 aliphatic carbocycles. The number of halogens is 1. The second-order valence-electron chi connectivity index (χ2n) is 3.14. The molecule has 88 valence electrons. The van der Waals surface area contributed by atoms with Gasteiger partial charge in [-0.15, -0.1) is 11.8 Å². The third-order valence-corrected chi connectivity index (χ3v) is 3.28. The highest BCUT2D eigenvalue weighted by Crippen LogP contribution is 2.32. The van der Waals surface area contributed by atoms with Crippen LogP contribution in [-0.4, -0.2) is 23.9 Å². The van der Waals surface area contributed by atoms with Crippen molar-refractivity contribution in [2.75, 3.05) is 12.9 Å². The van der Waals surface area contributed by atoms with Gasteiger partial charge < -0.3 is 9.84 Å². The van der Waals surface area contributed by atoms with Crippen molar-refractivity contribution in [2.45, 2.75) is 17.7 Å². The molecule has 0 aromatic heterocycles. The Hall–Kier alpha value is -0.870. The number of carboxylic acids is 1. The van der Waals surface area contributed by atoms with Gasteiger partial charge in [0.2, 0.25) is 0 Å². The topological polar surface area (TPSA) is 46.5 Å². The van der Waals surface area contributed by atoms with Crippen LogP contribution in [-0.2, 0) is 4.79 Å². The molecule has 16 heavy (non-hydrogen) atoms. The van der Waals surface area contributed by atoms with Crippen molar-refractivity contribution in [1.82, 2.24) is 0 Å². The SMILES string of the molecule is COc1ccc(Cl)cc1SCCCC(=O)O. The van der Waals surface area contributed by atoms with E-state index in [4.69, 9.17) is 21.4 Å². The Bertz CT molecular complexity index is 368. The van der Waals surface area contributed by atoms with Crippen LogP contribution in [0.1, 0.15) is 12.8 Å². The molecule has 0 fully saturated rings. The van der Waals surface area contributed by atoms with Crippen molar-refractivity contribution in [1.29, 1.82) is 0 Å². The number of benzene rings is 1. The first-order valence-electron chi connectivity index (χ1n) is 4.81. The largest absolute Gasteiger partial charge is 0.496 e. The van der Waals surface area contributed by atoms with E-state index in [9.17, 15) is 4.79 Å². The first kappa shape index (κ1) is 13.2. The molecule has 0 saturated carbocycles. The number of rotatable bonds is 6. The summed E-state index contributed by atoms with van der Waals surface area (Å²) in [7, 11) is 1.60. The van der Waals surface area contributed by atoms with Crippen molar-refractivity contribution in [3.8, 4) is 5.75 Å². The summed E-state index contributed by atoms with van der Waals surface area (Å²) in [4.78, 5) is 11.3. The van der Waals surface area contributed by atoms with E-state index < -0.39 is 5.97 Å². The second-order valence-corrected chi connectivity index (χ2v) is 4.71. The fourth-order valence-corrected chi connectivity index (χ4v) is 2.42. The van der Waals surface area contributed by atoms with Gasteiger partial charge in [0.1, 0.15) is 5.75 Å². The molecule has 1 N–H and O–H groups in total. The van der Waals surface area contributed by atoms with Crippen LogP contribution in [0.3, 0.4) is 0 Å². The van der Waals surface area contributed by atoms with Crippen LogP contribution >= 0.6 is 23.4 Å². The van der Waals surface area contributed by atoms with E-state index in [1.165, 1.54) is 0 Å². The summed E-state index contributed by atoms with van der Waals surface area (Å²) < 4.78 is 5.18. The van der Waals surface area contributed by atoms with Crippen molar-refractivity contribution in [3.05, 3.63) is 23.2 Å². The quantitative estimate of drug-likeness (QED) is 0.630. The number of aliphatic carboxylic acids is 1. The summed E-state index contributed by atoms with van der Waals surface area (Å²) in [6.07, 6.45) is 0.825. The summed E-state index contributed by atoms with van der Waals surface area (Å²) in [5, 5.41) is 9.15. The monoisotopic (exact) mass is 260 g/mol. The second kappa shape index (κ2) is 6.66. The number of methoxy groups -OCH3 is 1. The molecular weight excluding hydrogens is 248 g/mol. The van der Waals surface area contributed by atoms with Crippen LogP contribution < -0.4 is 4.74 Å². The zero-order valence-corrected chi connectivity index (χ0v) is 10.5. The average Bonchev–Trinajstić information content (AvgIpc) is 2.24. The standard InChI is InChI=1S/C11H13ClO3S/c1-15-9-5-4-8(12)7-10(9)16-6-2-3-11(13)14/h4-5,7H,2-3,6H2,1H3,(H,13,14). The Morgan fingerprint density at radius 1 is 1.56 bits per heavy atom. The third kappa shape index (κ3) is 4.33. The van der Waals surface area contributed by atoms with Gasteiger partial charge in [0, 0.05) is 11.4 Å². The van der Waals surface area contributed by atoms with Crippen molar-refractivity contribution in [2.24, 2.45) is 0 Å². The van der Waals surface area contributed by atoms with Gasteiger partial charge in [0.25, 0.3) is 0 Å². The Morgan fingerprint density at radius 3 is 2.94 bits per heavy atom. The van der Waals surface area contributed by atoms with E-state index in [0.29, 0.717) is 11.4 Å². The lowest BCUT2D eigenvalue weighted by molar-refractivity contribution is -0.137. The maximum Gasteiger partial charge on any atom is 0.303 e. The van der Waals surface area contributed by atoms with Gasteiger partial charge in [0.05, 0.1) is 12.0 Å². The number of carboxylic acid groups (broad SMARTS) is 1. The van der Waals surface area contributed by atoms with Crippen molar-refractivity contribution >= 4 is 29.3 Å². The van der Waals surface area contributed by atoms with E-state index in [0.717, 1.165) is 16.4 Å². The zero-order valence-electron chi connectivity index (χ0n) is 8.90. The lowest BCUT2D eigenvalue weighted by Gasteiger charge is -2.07. The molecule has 0 aliphatic heterocycles. The van der Waals surface area contributed by atoms with Gasteiger partial charge in [0.15, 0.2) is 0 Å². The van der Waals surface area contributed by atoms with Gasteiger partial charge in [-0.1, -0.05) is 11.6 Å². The minimum atomic E-state index is -0.765. The van der Waals surface area contributed by atoms with Gasteiger partial charge in [-0.05, 0) is 30.4 Å². The molecule has 0 bridgehead atoms. The lowest BCUT2D eigenvalue weighted by Crippen LogP contribution is -1.95. The molecule has 0 spiro atoms. The summed E-state index contributed by atoms with van der Waals surface area (Å²) in [6, 6.07) is 5.40. The normalized spacial score (nSPS) is 10.1. The molecule has 1 aromatic rings. The molecule has 1 aromatic carbocycles. The van der Waals surface area contributed by atoms with E-state index in [2.05, 4.69) is 0 Å². The van der Waals surface area contributed by atoms with Gasteiger partial charge in [-0.3, -0.25) is 4.79 Å². The molecule has 0 amide bonds. The van der Waals surface area contributed by atoms with Gasteiger partial charge in [-0.2, -0.15) is 0 Å². The highest BCUT2D eigenvalue weighted by atomic mass is 35.5. The summed E-state index contributed by atoms with van der Waals surface area (Å²) >= 11 is 7.43. The summed E-state index contributed by atoms with van der Waals surface area (Å²) in [5.74, 6) is 0.742. The highest BCUT2D eigenvalue weighted by molar-refractivity contribution is 7.99. The van der Waals surface area contributed by atoms with Crippen LogP contribution in [0.2, 0.25) is 5.02 Å². The Balaban J connectivity index is 2.51. The summed E-state index contributed by atoms with van der Waals surface area (Å²) in [6.45, 7) is 0. The predicted octanol–water partition coefficient (Wildman–Crippen LogP) is 3.31. The van der Waals surface area contributed by atoms with Crippen LogP contribution in [0, 0.1) is 0 Å². The number of hydrogen-bond acceptors (Lipinski definition) is 3. The highest BCUT2D eigenvalue weighted by Gasteiger charge is 2.05. The number of hydrogen-bond donors (Lipinski definition) is 1. The maximum atomic E-state index is 10.3. The number of carbonyl (C=O) groups is 1. The fourth-order valence-electron chi connectivity index (χ4n) is 1.17. The van der Waals surface area contributed by atoms with Crippen molar-refractivity contribution < 1.29 is 14.6 Å². The van der Waals surface area contributed by atoms with Crippen LogP contribution in [0.4, 0.5) is 0 Å². The van der Waals surface area contributed by atoms with E-state index in [1.807, 2.05) is 12.1 Å². The van der Waals surface area contributed by atoms with Gasteiger partial charge >= 0.3 is 5.97 Å². The molecule has 3 nitrogen and oxygen atoms in total.